The predicted octanol–water partition coefficient (Wildman–Crippen LogP) is 1.36. The molecule has 1 unspecified atom stereocenters. The summed E-state index contributed by atoms with van der Waals surface area (Å²) in [6.07, 6.45) is 5.59. The Kier molecular flexibility index (Phi) is 7.51. The number of nitrogens with one attached hydrogen (secondary N) is 1. The highest BCUT2D eigenvalue weighted by atomic mass is 35.5. The fourth-order valence-electron chi connectivity index (χ4n) is 3.18. The first-order valence-electron chi connectivity index (χ1n) is 7.71. The maximum Gasteiger partial charge on any atom is 0.229 e. The minimum Gasteiger partial charge on any atom is -0.339 e. The number of nitrogens with zero attached hydrogens (tertiary/aromatic N) is 4. The van der Waals surface area contributed by atoms with Crippen molar-refractivity contribution in [3.8, 4) is 0 Å². The molecule has 1 aromatic rings. The van der Waals surface area contributed by atoms with Crippen LogP contribution < -0.4 is 10.2 Å². The van der Waals surface area contributed by atoms with Crippen LogP contribution in [-0.4, -0.2) is 60.0 Å². The molecule has 0 radical (unpaired) electrons. The lowest BCUT2D eigenvalue weighted by molar-refractivity contribution is -0.142. The summed E-state index contributed by atoms with van der Waals surface area (Å²) >= 11 is 0. The molecule has 1 amide bonds. The quantitative estimate of drug-likeness (QED) is 0.861. The van der Waals surface area contributed by atoms with Crippen molar-refractivity contribution in [2.24, 2.45) is 5.41 Å². The van der Waals surface area contributed by atoms with Crippen LogP contribution in [0.25, 0.3) is 0 Å². The fraction of sp³-hybridized carbons (Fsp3) is 0.667. The van der Waals surface area contributed by atoms with Gasteiger partial charge in [0, 0.05) is 45.1 Å². The van der Waals surface area contributed by atoms with E-state index in [2.05, 4.69) is 27.1 Å². The van der Waals surface area contributed by atoms with E-state index in [4.69, 9.17) is 0 Å². The molecule has 6 nitrogen and oxygen atoms in total. The van der Waals surface area contributed by atoms with Gasteiger partial charge in [-0.3, -0.25) is 4.79 Å². The largest absolute Gasteiger partial charge is 0.339 e. The van der Waals surface area contributed by atoms with Crippen LogP contribution in [0.5, 0.6) is 0 Å². The maximum atomic E-state index is 12.8. The number of halogens is 2. The third-order valence-corrected chi connectivity index (χ3v) is 4.52. The van der Waals surface area contributed by atoms with Crippen LogP contribution in [0, 0.1) is 5.41 Å². The number of rotatable bonds is 2. The van der Waals surface area contributed by atoms with Gasteiger partial charge < -0.3 is 15.1 Å². The molecule has 3 rings (SSSR count). The van der Waals surface area contributed by atoms with Gasteiger partial charge in [0.1, 0.15) is 0 Å². The Bertz CT molecular complexity index is 488. The summed E-state index contributed by atoms with van der Waals surface area (Å²) in [7, 11) is 0. The minimum absolute atomic E-state index is 0. The van der Waals surface area contributed by atoms with Gasteiger partial charge in [-0.2, -0.15) is 0 Å². The van der Waals surface area contributed by atoms with Crippen molar-refractivity contribution >= 4 is 36.7 Å². The Balaban J connectivity index is 0.00000132. The molecule has 23 heavy (non-hydrogen) atoms. The molecular formula is C15H25Cl2N5O. The van der Waals surface area contributed by atoms with Crippen LogP contribution in [0.15, 0.2) is 18.5 Å². The second-order valence-electron chi connectivity index (χ2n) is 6.17. The summed E-state index contributed by atoms with van der Waals surface area (Å²) in [6, 6.07) is 1.82. The zero-order valence-electron chi connectivity index (χ0n) is 13.4. The van der Waals surface area contributed by atoms with Crippen molar-refractivity contribution in [1.82, 2.24) is 20.2 Å². The fourth-order valence-corrected chi connectivity index (χ4v) is 3.18. The first-order chi connectivity index (χ1) is 10.2. The zero-order chi connectivity index (χ0) is 14.7. The van der Waals surface area contributed by atoms with Crippen LogP contribution in [0.3, 0.4) is 0 Å². The molecule has 0 bridgehead atoms. The molecule has 2 fully saturated rings. The van der Waals surface area contributed by atoms with Gasteiger partial charge in [0.05, 0.1) is 5.41 Å². The van der Waals surface area contributed by atoms with E-state index < -0.39 is 0 Å². The van der Waals surface area contributed by atoms with E-state index >= 15 is 0 Å². The second kappa shape index (κ2) is 8.66. The lowest BCUT2D eigenvalue weighted by Crippen LogP contribution is -2.56. The van der Waals surface area contributed by atoms with Crippen molar-refractivity contribution in [3.63, 3.8) is 0 Å². The number of piperazine rings is 1. The zero-order valence-corrected chi connectivity index (χ0v) is 15.0. The maximum absolute atomic E-state index is 12.8. The van der Waals surface area contributed by atoms with Crippen LogP contribution in [0.2, 0.25) is 0 Å². The number of aromatic nitrogens is 2. The smallest absolute Gasteiger partial charge is 0.229 e. The normalized spacial score (nSPS) is 24.4. The number of hydrogen-bond acceptors (Lipinski definition) is 5. The third-order valence-electron chi connectivity index (χ3n) is 4.52. The highest BCUT2D eigenvalue weighted by Gasteiger charge is 2.38. The van der Waals surface area contributed by atoms with Gasteiger partial charge in [-0.15, -0.1) is 24.8 Å². The Morgan fingerprint density at radius 2 is 1.83 bits per heavy atom. The number of anilines is 1. The first-order valence-corrected chi connectivity index (χ1v) is 7.71. The molecule has 3 heterocycles. The Morgan fingerprint density at radius 1 is 1.17 bits per heavy atom. The van der Waals surface area contributed by atoms with E-state index in [0.29, 0.717) is 5.91 Å². The van der Waals surface area contributed by atoms with Gasteiger partial charge in [-0.25, -0.2) is 9.97 Å². The molecule has 0 aromatic carbocycles. The van der Waals surface area contributed by atoms with E-state index in [9.17, 15) is 4.79 Å². The molecule has 2 aliphatic rings. The van der Waals surface area contributed by atoms with Crippen LogP contribution >= 0.6 is 24.8 Å². The summed E-state index contributed by atoms with van der Waals surface area (Å²) in [5, 5.41) is 3.35. The summed E-state index contributed by atoms with van der Waals surface area (Å²) in [5.74, 6) is 1.05. The number of piperidine rings is 1. The summed E-state index contributed by atoms with van der Waals surface area (Å²) in [4.78, 5) is 25.5. The minimum atomic E-state index is -0.232. The monoisotopic (exact) mass is 361 g/mol. The van der Waals surface area contributed by atoms with E-state index in [1.807, 2.05) is 11.0 Å². The summed E-state index contributed by atoms with van der Waals surface area (Å²) in [5.41, 5.74) is -0.232. The van der Waals surface area contributed by atoms with Gasteiger partial charge in [0.2, 0.25) is 11.9 Å². The second-order valence-corrected chi connectivity index (χ2v) is 6.17. The van der Waals surface area contributed by atoms with Crippen molar-refractivity contribution in [3.05, 3.63) is 18.5 Å². The van der Waals surface area contributed by atoms with Crippen molar-refractivity contribution in [1.29, 1.82) is 0 Å². The van der Waals surface area contributed by atoms with Crippen LogP contribution in [-0.2, 0) is 4.79 Å². The molecule has 8 heteroatoms. The SMILES string of the molecule is CC1(C(=O)N2CCN(c3ncccn3)CC2)CCCNC1.Cl.Cl. The van der Waals surface area contributed by atoms with E-state index in [-0.39, 0.29) is 30.2 Å². The van der Waals surface area contributed by atoms with E-state index in [1.54, 1.807) is 12.4 Å². The van der Waals surface area contributed by atoms with Gasteiger partial charge in [-0.05, 0) is 32.4 Å². The molecule has 1 N–H and O–H groups in total. The van der Waals surface area contributed by atoms with Gasteiger partial charge in [-0.1, -0.05) is 0 Å². The van der Waals surface area contributed by atoms with E-state index in [1.165, 1.54) is 0 Å². The van der Waals surface area contributed by atoms with Gasteiger partial charge in [0.25, 0.3) is 0 Å². The van der Waals surface area contributed by atoms with Crippen molar-refractivity contribution in [2.45, 2.75) is 19.8 Å². The van der Waals surface area contributed by atoms with Gasteiger partial charge in [0.15, 0.2) is 0 Å². The molecule has 0 aliphatic carbocycles. The van der Waals surface area contributed by atoms with Crippen LogP contribution in [0.1, 0.15) is 19.8 Å². The summed E-state index contributed by atoms with van der Waals surface area (Å²) < 4.78 is 0. The molecule has 0 saturated carbocycles. The lowest BCUT2D eigenvalue weighted by atomic mass is 9.81. The number of hydrogen-bond donors (Lipinski definition) is 1. The highest BCUT2D eigenvalue weighted by Crippen LogP contribution is 2.28. The average molecular weight is 362 g/mol. The molecule has 2 aliphatic heterocycles. The molecule has 0 spiro atoms. The average Bonchev–Trinajstić information content (AvgIpc) is 2.56. The van der Waals surface area contributed by atoms with E-state index in [0.717, 1.165) is 58.1 Å². The lowest BCUT2D eigenvalue weighted by Gasteiger charge is -2.41. The Hall–Kier alpha value is -1.11. The molecule has 130 valence electrons. The molecule has 2 saturated heterocycles. The third kappa shape index (κ3) is 4.46. The molecular weight excluding hydrogens is 337 g/mol. The number of amides is 1. The standard InChI is InChI=1S/C15H23N5O.2ClH/c1-15(4-2-5-16-12-15)13(21)19-8-10-20(11-9-19)14-17-6-3-7-18-14;;/h3,6-7,16H,2,4-5,8-12H2,1H3;2*1H. The Morgan fingerprint density at radius 3 is 2.39 bits per heavy atom. The Labute approximate surface area is 149 Å². The predicted molar refractivity (Wildman–Crippen MR) is 95.5 cm³/mol. The highest BCUT2D eigenvalue weighted by molar-refractivity contribution is 5.85. The van der Waals surface area contributed by atoms with Gasteiger partial charge >= 0.3 is 0 Å². The number of carbonyl (C=O) groups excluding carboxylic acids is 1. The van der Waals surface area contributed by atoms with Crippen molar-refractivity contribution in [2.75, 3.05) is 44.2 Å². The number of carbonyl (C=O) groups is 1. The first kappa shape index (κ1) is 19.9. The topological polar surface area (TPSA) is 61.4 Å². The summed E-state index contributed by atoms with van der Waals surface area (Å²) in [6.45, 7) is 7.04. The van der Waals surface area contributed by atoms with Crippen LogP contribution in [0.4, 0.5) is 5.95 Å². The molecule has 1 aromatic heterocycles. The molecule has 1 atom stereocenters. The van der Waals surface area contributed by atoms with Crippen molar-refractivity contribution < 1.29 is 4.79 Å².